The van der Waals surface area contributed by atoms with E-state index in [1.807, 2.05) is 6.92 Å². The van der Waals surface area contributed by atoms with Gasteiger partial charge in [-0.05, 0) is 104 Å². The van der Waals surface area contributed by atoms with E-state index in [0.717, 1.165) is 44.9 Å². The first-order chi connectivity index (χ1) is 26.2. The van der Waals surface area contributed by atoms with Crippen LogP contribution in [0.4, 0.5) is 0 Å². The van der Waals surface area contributed by atoms with E-state index in [1.54, 1.807) is 0 Å². The van der Waals surface area contributed by atoms with Gasteiger partial charge in [0.25, 0.3) is 0 Å². The van der Waals surface area contributed by atoms with E-state index in [9.17, 15) is 50.8 Å². The van der Waals surface area contributed by atoms with Crippen LogP contribution >= 0.6 is 0 Å². The van der Waals surface area contributed by atoms with E-state index in [2.05, 4.69) is 40.7 Å². The van der Waals surface area contributed by atoms with Crippen molar-refractivity contribution in [1.82, 2.24) is 0 Å². The zero-order chi connectivity index (χ0) is 41.0. The third-order valence-corrected chi connectivity index (χ3v) is 17.4. The summed E-state index contributed by atoms with van der Waals surface area (Å²) in [5.74, 6) is -0.394. The molecule has 14 nitrogen and oxygen atoms in total. The van der Waals surface area contributed by atoms with Crippen molar-refractivity contribution in [2.45, 2.75) is 173 Å². The molecule has 2 aliphatic heterocycles. The Bertz CT molecular complexity index is 1500. The minimum absolute atomic E-state index is 0.00269. The largest absolute Gasteiger partial charge is 0.481 e. The minimum atomic E-state index is -1.79. The Morgan fingerprint density at radius 1 is 0.732 bits per heavy atom. The quantitative estimate of drug-likeness (QED) is 0.126. The summed E-state index contributed by atoms with van der Waals surface area (Å²) in [7, 11) is 0. The summed E-state index contributed by atoms with van der Waals surface area (Å²) in [4.78, 5) is 13.1. The van der Waals surface area contributed by atoms with Gasteiger partial charge in [0, 0.05) is 5.41 Å². The SMILES string of the molecule is CC1(C)CC[C@]2(C(=O)O)CC[C@]3(C)C(=CCC4[C@@]5(C)CC[C@H](O[C@@H]6O[C@H](CO)[C@@H](O)[C@H](O)[C@H]6O[C@@H]6O[C@H](CO)[C@@H](O)[C@H](O)[C@H]6O)[C@@](C)(CO)C5CC[C@]43C)[C@@H]2C1. The normalized spacial score (nSPS) is 54.1. The standard InChI is InChI=1S/C42H68O14/c1-37(2)13-15-42(36(51)52)16-14-40(5)21(22(42)17-37)7-8-26-38(3)11-10-27(39(4,20-45)25(38)9-12-41(26,40)6)55-35-33(31(49)29(47)24(19-44)54-35)56-34-32(50)30(48)28(46)23(18-43)53-34/h7,22-35,43-50H,8-20H2,1-6H3,(H,51,52)/t22-,23+,24+,25?,26?,27-,28+,29+,30-,31-,32+,33+,34-,35-,38-,39-,40+,41+,42-/m0/s1. The lowest BCUT2D eigenvalue weighted by Gasteiger charge is -2.71. The van der Waals surface area contributed by atoms with Crippen LogP contribution < -0.4 is 0 Å². The second-order valence-electron chi connectivity index (χ2n) is 20.5. The van der Waals surface area contributed by atoms with E-state index >= 15 is 0 Å². The molecule has 56 heavy (non-hydrogen) atoms. The van der Waals surface area contributed by atoms with Crippen LogP contribution in [0, 0.1) is 50.2 Å². The lowest BCUT2D eigenvalue weighted by atomic mass is 9.33. The number of hydrogen-bond acceptors (Lipinski definition) is 13. The molecule has 0 aromatic rings. The molecule has 2 unspecified atom stereocenters. The Morgan fingerprint density at radius 2 is 1.36 bits per heavy atom. The third-order valence-electron chi connectivity index (χ3n) is 17.4. The van der Waals surface area contributed by atoms with Crippen molar-refractivity contribution < 1.29 is 69.7 Å². The van der Waals surface area contributed by atoms with Gasteiger partial charge in [-0.25, -0.2) is 0 Å². The average molecular weight is 797 g/mol. The second kappa shape index (κ2) is 14.7. The molecule has 2 heterocycles. The van der Waals surface area contributed by atoms with Gasteiger partial charge in [-0.3, -0.25) is 4.79 Å². The number of allylic oxidation sites excluding steroid dienone is 2. The number of carboxylic acid groups (broad SMARTS) is 1. The van der Waals surface area contributed by atoms with Crippen LogP contribution in [0.2, 0.25) is 0 Å². The zero-order valence-corrected chi connectivity index (χ0v) is 33.9. The molecular formula is C42H68O14. The Hall–Kier alpha value is -1.27. The van der Waals surface area contributed by atoms with Crippen LogP contribution in [0.15, 0.2) is 11.6 Å². The molecule has 0 bridgehead atoms. The van der Waals surface area contributed by atoms with Crippen LogP contribution in [0.1, 0.15) is 106 Å². The molecule has 5 aliphatic carbocycles. The fourth-order valence-electron chi connectivity index (χ4n) is 13.7. The molecule has 7 aliphatic rings. The molecule has 0 aromatic carbocycles. The Kier molecular flexibility index (Phi) is 11.3. The number of aliphatic carboxylic acids is 1. The second-order valence-corrected chi connectivity index (χ2v) is 20.5. The number of hydrogen-bond donors (Lipinski definition) is 9. The molecular weight excluding hydrogens is 728 g/mol. The van der Waals surface area contributed by atoms with Crippen molar-refractivity contribution in [3.8, 4) is 0 Å². The lowest BCUT2D eigenvalue weighted by Crippen LogP contribution is -2.67. The smallest absolute Gasteiger partial charge is 0.310 e. The third kappa shape index (κ3) is 6.21. The molecule has 14 heteroatoms. The van der Waals surface area contributed by atoms with Crippen LogP contribution in [0.3, 0.4) is 0 Å². The molecule has 0 aromatic heterocycles. The summed E-state index contributed by atoms with van der Waals surface area (Å²) in [6, 6.07) is 0. The minimum Gasteiger partial charge on any atom is -0.481 e. The summed E-state index contributed by atoms with van der Waals surface area (Å²) < 4.78 is 24.3. The highest BCUT2D eigenvalue weighted by molar-refractivity contribution is 5.76. The fraction of sp³-hybridized carbons (Fsp3) is 0.929. The summed E-state index contributed by atoms with van der Waals surface area (Å²) in [6.45, 7) is 12.2. The van der Waals surface area contributed by atoms with E-state index in [4.69, 9.17) is 18.9 Å². The van der Waals surface area contributed by atoms with Crippen molar-refractivity contribution >= 4 is 5.97 Å². The molecule has 19 atom stereocenters. The van der Waals surface area contributed by atoms with Crippen molar-refractivity contribution in [2.24, 2.45) is 50.2 Å². The maximum atomic E-state index is 13.1. The highest BCUT2D eigenvalue weighted by atomic mass is 16.8. The van der Waals surface area contributed by atoms with Gasteiger partial charge in [0.2, 0.25) is 0 Å². The maximum absolute atomic E-state index is 13.1. The molecule has 2 saturated heterocycles. The number of fused-ring (bicyclic) bond motifs is 7. The van der Waals surface area contributed by atoms with Crippen molar-refractivity contribution in [2.75, 3.05) is 19.8 Å². The highest BCUT2D eigenvalue weighted by Crippen LogP contribution is 2.76. The number of rotatable bonds is 8. The number of carbonyl (C=O) groups is 1. The first-order valence-electron chi connectivity index (χ1n) is 21.0. The predicted octanol–water partition coefficient (Wildman–Crippen LogP) is 1.85. The van der Waals surface area contributed by atoms with E-state index in [0.29, 0.717) is 19.3 Å². The van der Waals surface area contributed by atoms with E-state index in [1.165, 1.54) is 5.57 Å². The van der Waals surface area contributed by atoms with Gasteiger partial charge in [0.1, 0.15) is 48.8 Å². The molecule has 0 amide bonds. The number of carboxylic acids is 1. The molecule has 320 valence electrons. The summed E-state index contributed by atoms with van der Waals surface area (Å²) in [6.07, 6.45) is -6.00. The fourth-order valence-corrected chi connectivity index (χ4v) is 13.7. The first-order valence-corrected chi connectivity index (χ1v) is 21.0. The molecule has 9 N–H and O–H groups in total. The molecule has 0 spiro atoms. The summed E-state index contributed by atoms with van der Waals surface area (Å²) in [5.41, 5.74) is -0.607. The summed E-state index contributed by atoms with van der Waals surface area (Å²) >= 11 is 0. The van der Waals surface area contributed by atoms with Gasteiger partial charge in [-0.1, -0.05) is 53.2 Å². The highest BCUT2D eigenvalue weighted by Gasteiger charge is 2.70. The van der Waals surface area contributed by atoms with Gasteiger partial charge in [-0.15, -0.1) is 0 Å². The van der Waals surface area contributed by atoms with Crippen LogP contribution in [0.5, 0.6) is 0 Å². The van der Waals surface area contributed by atoms with Crippen LogP contribution in [-0.2, 0) is 23.7 Å². The number of ether oxygens (including phenoxy) is 4. The van der Waals surface area contributed by atoms with Crippen molar-refractivity contribution in [3.63, 3.8) is 0 Å². The Labute approximate surface area is 330 Å². The topological polar surface area (TPSA) is 236 Å². The Balaban J connectivity index is 1.17. The van der Waals surface area contributed by atoms with Gasteiger partial charge in [-0.2, -0.15) is 0 Å². The van der Waals surface area contributed by atoms with Crippen molar-refractivity contribution in [3.05, 3.63) is 11.6 Å². The predicted molar refractivity (Wildman–Crippen MR) is 199 cm³/mol. The van der Waals surface area contributed by atoms with Gasteiger partial charge < -0.3 is 64.9 Å². The molecule has 6 fully saturated rings. The van der Waals surface area contributed by atoms with Crippen LogP contribution in [-0.4, -0.2) is 139 Å². The zero-order valence-electron chi connectivity index (χ0n) is 33.9. The van der Waals surface area contributed by atoms with Crippen molar-refractivity contribution in [1.29, 1.82) is 0 Å². The number of aliphatic hydroxyl groups excluding tert-OH is 8. The number of aliphatic hydroxyl groups is 8. The maximum Gasteiger partial charge on any atom is 0.310 e. The monoisotopic (exact) mass is 796 g/mol. The lowest BCUT2D eigenvalue weighted by molar-refractivity contribution is -0.379. The first kappa shape index (κ1) is 42.8. The van der Waals surface area contributed by atoms with Gasteiger partial charge in [0.15, 0.2) is 12.6 Å². The van der Waals surface area contributed by atoms with E-state index < -0.39 is 97.5 Å². The van der Waals surface area contributed by atoms with E-state index in [-0.39, 0.29) is 46.0 Å². The molecule has 4 saturated carbocycles. The molecule has 0 radical (unpaired) electrons. The van der Waals surface area contributed by atoms with Gasteiger partial charge >= 0.3 is 5.97 Å². The van der Waals surface area contributed by atoms with Crippen LogP contribution in [0.25, 0.3) is 0 Å². The van der Waals surface area contributed by atoms with Gasteiger partial charge in [0.05, 0.1) is 31.3 Å². The summed E-state index contributed by atoms with van der Waals surface area (Å²) in [5, 5.41) is 95.5. The molecule has 7 rings (SSSR count). The Morgan fingerprint density at radius 3 is 1.98 bits per heavy atom. The average Bonchev–Trinajstić information content (AvgIpc) is 3.15.